The number of nitrogens with zero attached hydrogens (tertiary/aromatic N) is 7. The van der Waals surface area contributed by atoms with Gasteiger partial charge in [0.05, 0.1) is 18.1 Å². The number of rotatable bonds is 17. The molecule has 6 fully saturated rings. The van der Waals surface area contributed by atoms with Crippen LogP contribution < -0.4 is 10.6 Å². The molecule has 0 bridgehead atoms. The van der Waals surface area contributed by atoms with Crippen molar-refractivity contribution in [2.24, 2.45) is 50.2 Å². The Morgan fingerprint density at radius 3 is 0.880 bits per heavy atom. The molecule has 6 heterocycles. The van der Waals surface area contributed by atoms with E-state index < -0.39 is 6.09 Å². The third-order valence-electron chi connectivity index (χ3n) is 29.5. The number of allylic oxidation sites excluding steroid dienone is 18. The molecular weight excluding hydrogens is 1680 g/mol. The maximum atomic E-state index is 12.6. The molecule has 6 saturated heterocycles. The van der Waals surface area contributed by atoms with E-state index in [4.69, 9.17) is 21.7 Å². The van der Waals surface area contributed by atoms with Gasteiger partial charge in [-0.2, -0.15) is 0 Å². The number of ether oxygens (including phenoxy) is 2. The van der Waals surface area contributed by atoms with Crippen LogP contribution in [-0.2, 0) is 47.8 Å². The molecule has 21 heteroatoms. The molecule has 12 rings (SSSR count). The zero-order valence-corrected chi connectivity index (χ0v) is 88.6. The van der Waals surface area contributed by atoms with E-state index in [0.29, 0.717) is 56.9 Å². The fourth-order valence-corrected chi connectivity index (χ4v) is 22.2. The lowest BCUT2D eigenvalue weighted by Crippen LogP contribution is -2.50. The third kappa shape index (κ3) is 35.4. The van der Waals surface area contributed by atoms with E-state index in [-0.39, 0.29) is 104 Å². The molecule has 6 aliphatic carbocycles. The number of likely N-dealkylation sites (tertiary alicyclic amines) is 5. The maximum Gasteiger partial charge on any atom is 0.407 e. The van der Waals surface area contributed by atoms with Gasteiger partial charge in [0.15, 0.2) is 0 Å². The van der Waals surface area contributed by atoms with Gasteiger partial charge in [0.2, 0.25) is 41.4 Å². The van der Waals surface area contributed by atoms with E-state index in [2.05, 4.69) is 186 Å². The van der Waals surface area contributed by atoms with E-state index in [1.54, 1.807) is 46.3 Å². The van der Waals surface area contributed by atoms with Gasteiger partial charge in [-0.15, -0.1) is 0 Å². The fourth-order valence-electron chi connectivity index (χ4n) is 21.7. The molecule has 6 aliphatic heterocycles. The minimum Gasteiger partial charge on any atom is -0.461 e. The van der Waals surface area contributed by atoms with Gasteiger partial charge in [-0.05, 0) is 281 Å². The Balaban J connectivity index is 0.000000219. The Labute approximate surface area is 809 Å². The quantitative estimate of drug-likeness (QED) is 0.0787. The molecule has 0 saturated carbocycles. The van der Waals surface area contributed by atoms with Crippen LogP contribution in [0.15, 0.2) is 140 Å². The molecule has 5 atom stereocenters. The van der Waals surface area contributed by atoms with Crippen molar-refractivity contribution in [1.29, 1.82) is 0 Å². The van der Waals surface area contributed by atoms with Crippen LogP contribution in [0.25, 0.3) is 0 Å². The highest BCUT2D eigenvalue weighted by Crippen LogP contribution is 2.47. The fraction of sp³-hybridized carbons (Fsp3) is 0.696. The zero-order valence-electron chi connectivity index (χ0n) is 87.8. The number of esters is 1. The molecule has 0 radical (unpaired) electrons. The molecule has 20 nitrogen and oxygen atoms in total. The first kappa shape index (κ1) is 112. The maximum absolute atomic E-state index is 12.6. The van der Waals surface area contributed by atoms with Crippen molar-refractivity contribution >= 4 is 70.6 Å². The first-order valence-electron chi connectivity index (χ1n) is 50.8. The Bertz CT molecular complexity index is 4310. The van der Waals surface area contributed by atoms with Crippen LogP contribution in [0.3, 0.4) is 0 Å². The number of piperazine rings is 1. The lowest BCUT2D eigenvalue weighted by Gasteiger charge is -2.36. The number of amides is 8. The van der Waals surface area contributed by atoms with Crippen molar-refractivity contribution in [2.45, 2.75) is 365 Å². The van der Waals surface area contributed by atoms with Gasteiger partial charge in [0, 0.05) is 160 Å². The number of nitrogens with one attached hydrogen (secondary N) is 2. The van der Waals surface area contributed by atoms with Gasteiger partial charge in [-0.3, -0.25) is 38.4 Å². The molecule has 3 unspecified atom stereocenters. The van der Waals surface area contributed by atoms with Crippen LogP contribution in [0.4, 0.5) is 4.79 Å². The second-order valence-electron chi connectivity index (χ2n) is 46.0. The number of thiocarbonyl (C=S) groups is 1. The predicted octanol–water partition coefficient (Wildman–Crippen LogP) is 22.7. The number of carbonyl (C=O) groups excluding carboxylic acids is 9. The summed E-state index contributed by atoms with van der Waals surface area (Å²) in [6.07, 6.45) is 48.9. The zero-order chi connectivity index (χ0) is 98.9. The minimum atomic E-state index is -0.419. The van der Waals surface area contributed by atoms with Crippen LogP contribution >= 0.6 is 12.2 Å². The molecule has 2 N–H and O–H groups in total. The first-order chi connectivity index (χ1) is 62.1. The highest BCUT2D eigenvalue weighted by atomic mass is 32.1. The average molecular weight is 1860 g/mol. The van der Waals surface area contributed by atoms with Gasteiger partial charge < -0.3 is 54.4 Å². The highest BCUT2D eigenvalue weighted by Gasteiger charge is 2.37. The van der Waals surface area contributed by atoms with Gasteiger partial charge in [-0.25, -0.2) is 4.79 Å². The Morgan fingerprint density at radius 1 is 0.368 bits per heavy atom. The monoisotopic (exact) mass is 1860 g/mol. The van der Waals surface area contributed by atoms with Crippen molar-refractivity contribution in [3.05, 3.63) is 140 Å². The molecule has 0 spiro atoms. The lowest BCUT2D eigenvalue weighted by molar-refractivity contribution is -0.146. The third-order valence-corrected chi connectivity index (χ3v) is 29.9. The van der Waals surface area contributed by atoms with E-state index in [1.807, 2.05) is 58.6 Å². The predicted molar refractivity (Wildman–Crippen MR) is 548 cm³/mol. The topological polar surface area (TPSA) is 219 Å². The molecule has 0 aromatic heterocycles. The van der Waals surface area contributed by atoms with Crippen LogP contribution in [0.2, 0.25) is 0 Å². The summed E-state index contributed by atoms with van der Waals surface area (Å²) in [7, 11) is 0. The Kier molecular flexibility index (Phi) is 42.2. The Hall–Kier alpha value is -8.20. The molecule has 0 aromatic carbocycles. The summed E-state index contributed by atoms with van der Waals surface area (Å²) < 4.78 is 10.6. The SMILES string of the molecule is CC(=O)NC1CCN(C(=O)/C=C/C2=C(C)CCCC2(C)C)C1.CC(=O)O[C@H]1CCN(C(=O)/C=C/C2=C(C)CCCC2(C)C)C1.CC1=C(/C=C/C(=O)N2CCC(C)C2)C(C)(C)CCC1.CC1=C(/C=C/C(=O)N2CCC(OC(=O)NC(C)(C)C)C2)C(C)(C)CCC1.CC1=C(/C=C/C(=O)N2CCN(C(=S)CC(C)C)CC2)C(C)(C)CCC1.CC1=C(/C=C/C(=O)N2CC[C@H](C)C2)C(C)(C)CCC1. The normalized spacial score (nSPS) is 24.7. The summed E-state index contributed by atoms with van der Waals surface area (Å²) in [6.45, 7) is 68.3. The summed E-state index contributed by atoms with van der Waals surface area (Å²) >= 11 is 5.53. The number of hydrogen-bond acceptors (Lipinski definition) is 12. The van der Waals surface area contributed by atoms with E-state index in [9.17, 15) is 43.2 Å². The van der Waals surface area contributed by atoms with Crippen LogP contribution in [0.5, 0.6) is 0 Å². The summed E-state index contributed by atoms with van der Waals surface area (Å²) in [5.74, 6) is 2.16. The lowest BCUT2D eigenvalue weighted by atomic mass is 9.72. The molecule has 133 heavy (non-hydrogen) atoms. The minimum absolute atomic E-state index is 0.00555. The van der Waals surface area contributed by atoms with Gasteiger partial charge in [-0.1, -0.05) is 193 Å². The first-order valence-corrected chi connectivity index (χ1v) is 51.2. The van der Waals surface area contributed by atoms with E-state index >= 15 is 0 Å². The van der Waals surface area contributed by atoms with E-state index in [1.165, 1.54) is 158 Å². The second kappa shape index (κ2) is 50.2. The highest BCUT2D eigenvalue weighted by molar-refractivity contribution is 7.80. The van der Waals surface area contributed by atoms with Crippen LogP contribution in [0.1, 0.15) is 341 Å². The van der Waals surface area contributed by atoms with Crippen LogP contribution in [0, 0.1) is 50.2 Å². The van der Waals surface area contributed by atoms with Crippen molar-refractivity contribution < 1.29 is 52.6 Å². The van der Waals surface area contributed by atoms with E-state index in [0.717, 1.165) is 135 Å². The van der Waals surface area contributed by atoms with Crippen molar-refractivity contribution in [1.82, 2.24) is 44.9 Å². The summed E-state index contributed by atoms with van der Waals surface area (Å²) in [5, 5.41) is 5.67. The Morgan fingerprint density at radius 2 is 0.624 bits per heavy atom. The van der Waals surface area contributed by atoms with Gasteiger partial charge in [0.1, 0.15) is 12.2 Å². The summed E-state index contributed by atoms with van der Waals surface area (Å²) in [6, 6.07) is 0.0990. The van der Waals surface area contributed by atoms with Crippen molar-refractivity contribution in [3.63, 3.8) is 0 Å². The summed E-state index contributed by atoms with van der Waals surface area (Å²) in [5.41, 5.74) is 17.2. The van der Waals surface area contributed by atoms with Gasteiger partial charge in [0.25, 0.3) is 0 Å². The van der Waals surface area contributed by atoms with Crippen molar-refractivity contribution in [3.8, 4) is 0 Å². The van der Waals surface area contributed by atoms with Crippen LogP contribution in [-0.4, -0.2) is 208 Å². The van der Waals surface area contributed by atoms with Crippen molar-refractivity contribution in [2.75, 3.05) is 91.6 Å². The molecule has 0 aromatic rings. The number of hydrogen-bond donors (Lipinski definition) is 2. The summed E-state index contributed by atoms with van der Waals surface area (Å²) in [4.78, 5) is 123. The smallest absolute Gasteiger partial charge is 0.407 e. The average Bonchev–Trinajstić information content (AvgIpc) is 1.82. The number of carbonyl (C=O) groups is 9. The number of alkyl carbamates (subject to hydrolysis) is 1. The second-order valence-corrected chi connectivity index (χ2v) is 46.5. The molecule has 742 valence electrons. The largest absolute Gasteiger partial charge is 0.461 e. The molecule has 12 aliphatic rings. The van der Waals surface area contributed by atoms with Gasteiger partial charge >= 0.3 is 12.1 Å². The standard InChI is InChI=1S/C21H34N2O3.C21H34N2OS.C18H28N2O2.C18H27NO3.2C17H27NO/c1-15-8-7-12-21(5,6)17(15)9-10-18(24)23-13-11-16(14-23)26-19(25)22-20(2,3)4;1-16(2)15-20(25)23-13-11-22(12-14-23)19(24)9-8-18-17(3)7-6-10-21(18,4)5;1-13-6-5-10-18(3,4)16(13)7-8-17(22)20-11-9-15(12-20)19-14(2)21;1-13-6-5-10-18(3,4)16(13)7-8-17(21)19-11-9-15(12-19)22-14(2)20;2*1-13-9-11-18(12-13)16(19)8-7-15-14(2)6-5-10-17(15,3)4/h9-10,16H,7-8,11-14H2,1-6H3,(H,22,25);8-9,16H,6-7,10-15H2,1-5H3;7-8,15H,5-6,9-12H2,1-4H3,(H,19,21);7-8,15H,5-6,9-12H2,1-4H3;2*7-8,13H,5-6,9-12H2,1-4H3/b10-9+;9-8+;4*8-7+/t;;;15-;13-;/m...00./s1. The molecule has 8 amide bonds. The molecular formula is C112H177N9O11S.